The van der Waals surface area contributed by atoms with Crippen molar-refractivity contribution in [2.24, 2.45) is 5.73 Å². The fourth-order valence-electron chi connectivity index (χ4n) is 2.76. The lowest BCUT2D eigenvalue weighted by molar-refractivity contribution is -0.133. The summed E-state index contributed by atoms with van der Waals surface area (Å²) in [5.41, 5.74) is 7.10. The van der Waals surface area contributed by atoms with Crippen molar-refractivity contribution in [3.63, 3.8) is 0 Å². The molecule has 0 aromatic carbocycles. The van der Waals surface area contributed by atoms with Crippen molar-refractivity contribution in [1.29, 1.82) is 0 Å². The van der Waals surface area contributed by atoms with Gasteiger partial charge in [0.05, 0.1) is 6.04 Å². The van der Waals surface area contributed by atoms with E-state index in [4.69, 9.17) is 5.73 Å². The van der Waals surface area contributed by atoms with Gasteiger partial charge in [0.15, 0.2) is 0 Å². The van der Waals surface area contributed by atoms with Crippen LogP contribution in [0.1, 0.15) is 50.6 Å². The molecule has 1 saturated carbocycles. The molecule has 1 aromatic heterocycles. The fraction of sp³-hybridized carbons (Fsp3) is 0.600. The lowest BCUT2D eigenvalue weighted by Gasteiger charge is -2.30. The summed E-state index contributed by atoms with van der Waals surface area (Å²) in [6.07, 6.45) is 8.20. The van der Waals surface area contributed by atoms with Crippen LogP contribution in [0, 0.1) is 0 Å². The summed E-state index contributed by atoms with van der Waals surface area (Å²) < 4.78 is 0. The van der Waals surface area contributed by atoms with Crippen LogP contribution in [0.2, 0.25) is 0 Å². The summed E-state index contributed by atoms with van der Waals surface area (Å²) in [4.78, 5) is 18.1. The molecule has 0 saturated heterocycles. The Morgan fingerprint density at radius 1 is 1.42 bits per heavy atom. The summed E-state index contributed by atoms with van der Waals surface area (Å²) in [6, 6.07) is 3.95. The van der Waals surface area contributed by atoms with Crippen LogP contribution in [0.25, 0.3) is 0 Å². The molecular formula is C15H23N3O. The van der Waals surface area contributed by atoms with Crippen molar-refractivity contribution in [2.75, 3.05) is 7.05 Å². The fourth-order valence-corrected chi connectivity index (χ4v) is 2.76. The highest BCUT2D eigenvalue weighted by atomic mass is 16.2. The van der Waals surface area contributed by atoms with Crippen LogP contribution in [0.15, 0.2) is 24.5 Å². The van der Waals surface area contributed by atoms with Gasteiger partial charge < -0.3 is 10.6 Å². The lowest BCUT2D eigenvalue weighted by Crippen LogP contribution is -2.43. The van der Waals surface area contributed by atoms with Crippen molar-refractivity contribution in [2.45, 2.75) is 50.6 Å². The van der Waals surface area contributed by atoms with E-state index >= 15 is 0 Å². The van der Waals surface area contributed by atoms with Crippen LogP contribution in [0.3, 0.4) is 0 Å². The number of carbonyl (C=O) groups is 1. The standard InChI is InChI=1S/C15H23N3O/c1-12(13-5-9-17-10-6-13)18(2)14(19)11-15(16)7-3-4-8-15/h5-6,9-10,12H,3-4,7-8,11,16H2,1-2H3. The van der Waals surface area contributed by atoms with E-state index in [0.29, 0.717) is 6.42 Å². The van der Waals surface area contributed by atoms with Gasteiger partial charge >= 0.3 is 0 Å². The number of nitrogens with two attached hydrogens (primary N) is 1. The third kappa shape index (κ3) is 3.32. The minimum atomic E-state index is -0.274. The molecule has 1 heterocycles. The highest BCUT2D eigenvalue weighted by molar-refractivity contribution is 5.77. The molecule has 0 aliphatic heterocycles. The Morgan fingerprint density at radius 3 is 2.58 bits per heavy atom. The van der Waals surface area contributed by atoms with Crippen LogP contribution in [0.4, 0.5) is 0 Å². The van der Waals surface area contributed by atoms with E-state index in [1.807, 2.05) is 26.1 Å². The van der Waals surface area contributed by atoms with E-state index in [1.165, 1.54) is 0 Å². The van der Waals surface area contributed by atoms with Gasteiger partial charge in [0.25, 0.3) is 0 Å². The molecule has 0 radical (unpaired) electrons. The minimum absolute atomic E-state index is 0.0560. The van der Waals surface area contributed by atoms with Gasteiger partial charge in [0.1, 0.15) is 0 Å². The molecule has 1 fully saturated rings. The first-order valence-corrected chi connectivity index (χ1v) is 6.96. The average molecular weight is 261 g/mol. The van der Waals surface area contributed by atoms with Gasteiger partial charge in [-0.25, -0.2) is 0 Å². The summed E-state index contributed by atoms with van der Waals surface area (Å²) in [5.74, 6) is 0.133. The van der Waals surface area contributed by atoms with Crippen molar-refractivity contribution in [3.8, 4) is 0 Å². The number of hydrogen-bond acceptors (Lipinski definition) is 3. The van der Waals surface area contributed by atoms with Gasteiger partial charge in [0, 0.05) is 31.4 Å². The summed E-state index contributed by atoms with van der Waals surface area (Å²) in [7, 11) is 1.85. The molecule has 1 atom stereocenters. The number of carbonyl (C=O) groups excluding carboxylic acids is 1. The van der Waals surface area contributed by atoms with Crippen LogP contribution < -0.4 is 5.73 Å². The molecule has 2 N–H and O–H groups in total. The molecular weight excluding hydrogens is 238 g/mol. The highest BCUT2D eigenvalue weighted by Crippen LogP contribution is 2.31. The topological polar surface area (TPSA) is 59.2 Å². The van der Waals surface area contributed by atoms with E-state index in [2.05, 4.69) is 4.98 Å². The van der Waals surface area contributed by atoms with Gasteiger partial charge in [-0.15, -0.1) is 0 Å². The summed E-state index contributed by atoms with van der Waals surface area (Å²) in [6.45, 7) is 2.03. The van der Waals surface area contributed by atoms with E-state index < -0.39 is 0 Å². The van der Waals surface area contributed by atoms with Gasteiger partial charge in [-0.2, -0.15) is 0 Å². The predicted molar refractivity (Wildman–Crippen MR) is 75.4 cm³/mol. The van der Waals surface area contributed by atoms with Gasteiger partial charge in [-0.05, 0) is 37.5 Å². The highest BCUT2D eigenvalue weighted by Gasteiger charge is 2.33. The van der Waals surface area contributed by atoms with Crippen molar-refractivity contribution in [3.05, 3.63) is 30.1 Å². The first kappa shape index (κ1) is 14.0. The molecule has 2 rings (SSSR count). The van der Waals surface area contributed by atoms with Crippen molar-refractivity contribution in [1.82, 2.24) is 9.88 Å². The normalized spacial score (nSPS) is 19.1. The zero-order valence-corrected chi connectivity index (χ0v) is 11.8. The lowest BCUT2D eigenvalue weighted by atomic mass is 9.93. The molecule has 4 nitrogen and oxygen atoms in total. The Morgan fingerprint density at radius 2 is 2.00 bits per heavy atom. The summed E-state index contributed by atoms with van der Waals surface area (Å²) >= 11 is 0. The number of pyridine rings is 1. The number of amides is 1. The monoisotopic (exact) mass is 261 g/mol. The largest absolute Gasteiger partial charge is 0.339 e. The van der Waals surface area contributed by atoms with Gasteiger partial charge in [-0.1, -0.05) is 12.8 Å². The molecule has 104 valence electrons. The second-order valence-electron chi connectivity index (χ2n) is 5.71. The SMILES string of the molecule is CC(c1ccncc1)N(C)C(=O)CC1(N)CCCC1. The average Bonchev–Trinajstić information content (AvgIpc) is 2.84. The van der Waals surface area contributed by atoms with Crippen molar-refractivity contribution >= 4 is 5.91 Å². The Bertz CT molecular complexity index is 426. The third-order valence-corrected chi connectivity index (χ3v) is 4.27. The molecule has 1 unspecified atom stereocenters. The molecule has 19 heavy (non-hydrogen) atoms. The molecule has 1 aliphatic carbocycles. The van der Waals surface area contributed by atoms with E-state index in [0.717, 1.165) is 31.2 Å². The second-order valence-corrected chi connectivity index (χ2v) is 5.71. The zero-order valence-electron chi connectivity index (χ0n) is 11.8. The Labute approximate surface area is 115 Å². The van der Waals surface area contributed by atoms with Crippen LogP contribution in [-0.4, -0.2) is 28.4 Å². The predicted octanol–water partition coefficient (Wildman–Crippen LogP) is 2.26. The molecule has 1 amide bonds. The zero-order chi connectivity index (χ0) is 13.9. The quantitative estimate of drug-likeness (QED) is 0.904. The second kappa shape index (κ2) is 5.70. The van der Waals surface area contributed by atoms with Crippen LogP contribution in [-0.2, 0) is 4.79 Å². The van der Waals surface area contributed by atoms with E-state index in [9.17, 15) is 4.79 Å². The van der Waals surface area contributed by atoms with E-state index in [-0.39, 0.29) is 17.5 Å². The molecule has 4 heteroatoms. The smallest absolute Gasteiger partial charge is 0.224 e. The number of rotatable bonds is 4. The number of hydrogen-bond donors (Lipinski definition) is 1. The Hall–Kier alpha value is -1.42. The third-order valence-electron chi connectivity index (χ3n) is 4.27. The van der Waals surface area contributed by atoms with Gasteiger partial charge in [-0.3, -0.25) is 9.78 Å². The molecule has 1 aromatic rings. The maximum absolute atomic E-state index is 12.3. The summed E-state index contributed by atoms with van der Waals surface area (Å²) in [5, 5.41) is 0. The Kier molecular flexibility index (Phi) is 4.20. The van der Waals surface area contributed by atoms with Gasteiger partial charge in [0.2, 0.25) is 5.91 Å². The number of nitrogens with zero attached hydrogens (tertiary/aromatic N) is 2. The number of aromatic nitrogens is 1. The minimum Gasteiger partial charge on any atom is -0.339 e. The Balaban J connectivity index is 1.99. The van der Waals surface area contributed by atoms with Crippen molar-refractivity contribution < 1.29 is 4.79 Å². The van der Waals surface area contributed by atoms with E-state index in [1.54, 1.807) is 17.3 Å². The maximum atomic E-state index is 12.3. The molecule has 0 spiro atoms. The first-order chi connectivity index (χ1) is 9.02. The maximum Gasteiger partial charge on any atom is 0.224 e. The van der Waals surface area contributed by atoms with Crippen LogP contribution in [0.5, 0.6) is 0 Å². The first-order valence-electron chi connectivity index (χ1n) is 6.96. The molecule has 1 aliphatic rings. The van der Waals surface area contributed by atoms with Crippen LogP contribution >= 0.6 is 0 Å². The molecule has 0 bridgehead atoms.